The third kappa shape index (κ3) is 2.24. The summed E-state index contributed by atoms with van der Waals surface area (Å²) >= 11 is 0. The Kier molecular flexibility index (Phi) is 3.53. The van der Waals surface area contributed by atoms with Gasteiger partial charge in [0.05, 0.1) is 0 Å². The Labute approximate surface area is 98.8 Å². The van der Waals surface area contributed by atoms with Gasteiger partial charge in [-0.25, -0.2) is 0 Å². The van der Waals surface area contributed by atoms with Gasteiger partial charge in [-0.3, -0.25) is 4.79 Å². The van der Waals surface area contributed by atoms with E-state index in [9.17, 15) is 4.79 Å². The van der Waals surface area contributed by atoms with Gasteiger partial charge >= 0.3 is 0 Å². The fraction of sp³-hybridized carbons (Fsp3) is 0.923. The number of hydrogen-bond acceptors (Lipinski definition) is 2. The summed E-state index contributed by atoms with van der Waals surface area (Å²) in [4.78, 5) is 16.5. The third-order valence-corrected chi connectivity index (χ3v) is 4.42. The topological polar surface area (TPSA) is 23.6 Å². The van der Waals surface area contributed by atoms with Gasteiger partial charge in [0.15, 0.2) is 0 Å². The quantitative estimate of drug-likeness (QED) is 0.679. The molecule has 0 saturated carbocycles. The van der Waals surface area contributed by atoms with E-state index in [-0.39, 0.29) is 0 Å². The highest BCUT2D eigenvalue weighted by Crippen LogP contribution is 2.27. The zero-order chi connectivity index (χ0) is 11.7. The van der Waals surface area contributed by atoms with Gasteiger partial charge in [-0.05, 0) is 46.6 Å². The highest BCUT2D eigenvalue weighted by atomic mass is 16.2. The first-order valence-corrected chi connectivity index (χ1v) is 6.61. The molecule has 0 radical (unpaired) electrons. The number of amides is 1. The van der Waals surface area contributed by atoms with Gasteiger partial charge in [-0.15, -0.1) is 0 Å². The standard InChI is InChI=1S/C13H24N2O/c1-10-8-12(9-11(2)14(10)3)15-7-5-4-6-13(15)16/h10-12H,4-9H2,1-3H3. The molecule has 3 heteroatoms. The minimum atomic E-state index is 0.389. The zero-order valence-electron chi connectivity index (χ0n) is 10.8. The molecule has 2 aliphatic rings. The number of rotatable bonds is 1. The Bertz CT molecular complexity index is 255. The SMILES string of the molecule is CC1CC(N2CCCCC2=O)CC(C)N1C. The zero-order valence-corrected chi connectivity index (χ0v) is 10.8. The van der Waals surface area contributed by atoms with Crippen LogP contribution in [-0.4, -0.2) is 47.4 Å². The molecule has 2 aliphatic heterocycles. The minimum absolute atomic E-state index is 0.389. The first-order chi connectivity index (χ1) is 7.59. The minimum Gasteiger partial charge on any atom is -0.340 e. The van der Waals surface area contributed by atoms with Crippen molar-refractivity contribution < 1.29 is 4.79 Å². The van der Waals surface area contributed by atoms with Gasteiger partial charge in [-0.2, -0.15) is 0 Å². The molecule has 2 rings (SSSR count). The van der Waals surface area contributed by atoms with Gasteiger partial charge in [0.2, 0.25) is 5.91 Å². The van der Waals surface area contributed by atoms with Crippen LogP contribution in [0.2, 0.25) is 0 Å². The van der Waals surface area contributed by atoms with Crippen LogP contribution >= 0.6 is 0 Å². The largest absolute Gasteiger partial charge is 0.340 e. The Hall–Kier alpha value is -0.570. The third-order valence-electron chi connectivity index (χ3n) is 4.42. The molecule has 92 valence electrons. The average Bonchev–Trinajstić information content (AvgIpc) is 2.26. The average molecular weight is 224 g/mol. The molecule has 16 heavy (non-hydrogen) atoms. The van der Waals surface area contributed by atoms with E-state index in [1.54, 1.807) is 0 Å². The van der Waals surface area contributed by atoms with Gasteiger partial charge in [0.25, 0.3) is 0 Å². The molecule has 0 aromatic heterocycles. The molecule has 0 aromatic rings. The van der Waals surface area contributed by atoms with Crippen LogP contribution in [-0.2, 0) is 4.79 Å². The summed E-state index contributed by atoms with van der Waals surface area (Å²) < 4.78 is 0. The molecular weight excluding hydrogens is 200 g/mol. The van der Waals surface area contributed by atoms with Gasteiger partial charge in [-0.1, -0.05) is 0 Å². The molecule has 3 nitrogen and oxygen atoms in total. The Balaban J connectivity index is 2.01. The highest BCUT2D eigenvalue weighted by Gasteiger charge is 2.34. The first-order valence-electron chi connectivity index (χ1n) is 6.61. The number of likely N-dealkylation sites (tertiary alicyclic amines) is 2. The van der Waals surface area contributed by atoms with E-state index < -0.39 is 0 Å². The van der Waals surface area contributed by atoms with Gasteiger partial charge in [0, 0.05) is 31.1 Å². The van der Waals surface area contributed by atoms with Crippen LogP contribution in [0.3, 0.4) is 0 Å². The summed E-state index contributed by atoms with van der Waals surface area (Å²) in [5.74, 6) is 0.389. The van der Waals surface area contributed by atoms with E-state index in [4.69, 9.17) is 0 Å². The molecular formula is C13H24N2O. The molecule has 0 spiro atoms. The van der Waals surface area contributed by atoms with Crippen molar-refractivity contribution in [2.24, 2.45) is 0 Å². The maximum Gasteiger partial charge on any atom is 0.222 e. The number of nitrogens with zero attached hydrogens (tertiary/aromatic N) is 2. The normalized spacial score (nSPS) is 37.8. The number of carbonyl (C=O) groups excluding carboxylic acids is 1. The molecule has 1 amide bonds. The summed E-state index contributed by atoms with van der Waals surface area (Å²) in [6, 6.07) is 1.70. The molecule has 2 fully saturated rings. The number of hydrogen-bond donors (Lipinski definition) is 0. The van der Waals surface area contributed by atoms with Crippen LogP contribution in [0, 0.1) is 0 Å². The fourth-order valence-electron chi connectivity index (χ4n) is 3.12. The molecule has 0 N–H and O–H groups in total. The van der Waals surface area contributed by atoms with Crippen LogP contribution < -0.4 is 0 Å². The van der Waals surface area contributed by atoms with E-state index in [2.05, 4.69) is 30.7 Å². The number of carbonyl (C=O) groups is 1. The molecule has 2 saturated heterocycles. The second-order valence-electron chi connectivity index (χ2n) is 5.53. The molecule has 2 heterocycles. The van der Waals surface area contributed by atoms with Crippen molar-refractivity contribution in [1.82, 2.24) is 9.80 Å². The molecule has 0 aromatic carbocycles. The molecule has 2 atom stereocenters. The van der Waals surface area contributed by atoms with Crippen molar-refractivity contribution in [2.45, 2.75) is 64.1 Å². The van der Waals surface area contributed by atoms with Crippen molar-refractivity contribution in [1.29, 1.82) is 0 Å². The molecule has 0 bridgehead atoms. The van der Waals surface area contributed by atoms with Gasteiger partial charge in [0.1, 0.15) is 0 Å². The van der Waals surface area contributed by atoms with E-state index in [0.29, 0.717) is 24.0 Å². The Morgan fingerprint density at radius 1 is 1.12 bits per heavy atom. The summed E-state index contributed by atoms with van der Waals surface area (Å²) in [6.45, 7) is 5.54. The maximum atomic E-state index is 11.9. The van der Waals surface area contributed by atoms with Crippen LogP contribution in [0.5, 0.6) is 0 Å². The lowest BCUT2D eigenvalue weighted by Crippen LogP contribution is -2.53. The van der Waals surface area contributed by atoms with E-state index in [1.807, 2.05) is 0 Å². The van der Waals surface area contributed by atoms with Crippen LogP contribution in [0.15, 0.2) is 0 Å². The Morgan fingerprint density at radius 2 is 1.75 bits per heavy atom. The summed E-state index contributed by atoms with van der Waals surface area (Å²) in [7, 11) is 2.20. The highest BCUT2D eigenvalue weighted by molar-refractivity contribution is 5.77. The van der Waals surface area contributed by atoms with Crippen molar-refractivity contribution in [3.63, 3.8) is 0 Å². The monoisotopic (exact) mass is 224 g/mol. The van der Waals surface area contributed by atoms with Gasteiger partial charge < -0.3 is 9.80 Å². The summed E-state index contributed by atoms with van der Waals surface area (Å²) in [5.41, 5.74) is 0. The van der Waals surface area contributed by atoms with Crippen molar-refractivity contribution >= 4 is 5.91 Å². The summed E-state index contributed by atoms with van der Waals surface area (Å²) in [6.07, 6.45) is 5.35. The second-order valence-corrected chi connectivity index (χ2v) is 5.53. The van der Waals surface area contributed by atoms with E-state index >= 15 is 0 Å². The van der Waals surface area contributed by atoms with E-state index in [0.717, 1.165) is 32.2 Å². The lowest BCUT2D eigenvalue weighted by molar-refractivity contribution is -0.137. The fourth-order valence-corrected chi connectivity index (χ4v) is 3.12. The van der Waals surface area contributed by atoms with Crippen LogP contribution in [0.25, 0.3) is 0 Å². The smallest absolute Gasteiger partial charge is 0.222 e. The number of piperidine rings is 2. The maximum absolute atomic E-state index is 11.9. The molecule has 2 unspecified atom stereocenters. The van der Waals surface area contributed by atoms with Crippen molar-refractivity contribution in [3.8, 4) is 0 Å². The van der Waals surface area contributed by atoms with E-state index in [1.165, 1.54) is 6.42 Å². The second kappa shape index (κ2) is 4.74. The molecule has 0 aliphatic carbocycles. The van der Waals surface area contributed by atoms with Crippen LogP contribution in [0.4, 0.5) is 0 Å². The predicted octanol–water partition coefficient (Wildman–Crippen LogP) is 1.87. The van der Waals surface area contributed by atoms with Crippen molar-refractivity contribution in [3.05, 3.63) is 0 Å². The lowest BCUT2D eigenvalue weighted by atomic mass is 9.91. The predicted molar refractivity (Wildman–Crippen MR) is 65.3 cm³/mol. The first kappa shape index (κ1) is 11.9. The Morgan fingerprint density at radius 3 is 2.31 bits per heavy atom. The summed E-state index contributed by atoms with van der Waals surface area (Å²) in [5, 5.41) is 0. The lowest BCUT2D eigenvalue weighted by Gasteiger charge is -2.45. The van der Waals surface area contributed by atoms with Crippen molar-refractivity contribution in [2.75, 3.05) is 13.6 Å². The van der Waals surface area contributed by atoms with Crippen LogP contribution in [0.1, 0.15) is 46.0 Å².